The summed E-state index contributed by atoms with van der Waals surface area (Å²) in [5.41, 5.74) is 0.779. The molecule has 0 fully saturated rings. The van der Waals surface area contributed by atoms with Crippen LogP contribution in [0.15, 0.2) is 6.20 Å². The quantitative estimate of drug-likeness (QED) is 0.728. The fourth-order valence-corrected chi connectivity index (χ4v) is 1.65. The summed E-state index contributed by atoms with van der Waals surface area (Å²) in [7, 11) is 3.84. The van der Waals surface area contributed by atoms with E-state index in [0.29, 0.717) is 0 Å². The zero-order valence-corrected chi connectivity index (χ0v) is 9.65. The van der Waals surface area contributed by atoms with Gasteiger partial charge in [0.1, 0.15) is 5.82 Å². The lowest BCUT2D eigenvalue weighted by Crippen LogP contribution is -2.11. The van der Waals surface area contributed by atoms with Gasteiger partial charge in [0.25, 0.3) is 0 Å². The summed E-state index contributed by atoms with van der Waals surface area (Å²) in [5.74, 6) is 0.796. The van der Waals surface area contributed by atoms with Gasteiger partial charge in [0, 0.05) is 20.6 Å². The Morgan fingerprint density at radius 1 is 1.40 bits per heavy atom. The number of aromatic nitrogens is 4. The lowest BCUT2D eigenvalue weighted by atomic mass is 10.4. The molecule has 0 atom stereocenters. The van der Waals surface area contributed by atoms with Gasteiger partial charge in [0.05, 0.1) is 11.6 Å². The van der Waals surface area contributed by atoms with Crippen LogP contribution in [0.2, 0.25) is 5.28 Å². The zero-order valence-electron chi connectivity index (χ0n) is 8.90. The second-order valence-electron chi connectivity index (χ2n) is 3.41. The van der Waals surface area contributed by atoms with Crippen LogP contribution in [-0.2, 0) is 6.54 Å². The molecule has 2 heterocycles. The van der Waals surface area contributed by atoms with Crippen LogP contribution in [0.25, 0.3) is 11.0 Å². The molecule has 15 heavy (non-hydrogen) atoms. The van der Waals surface area contributed by atoms with Crippen molar-refractivity contribution in [3.8, 4) is 0 Å². The van der Waals surface area contributed by atoms with Crippen LogP contribution >= 0.6 is 11.6 Å². The summed E-state index contributed by atoms with van der Waals surface area (Å²) in [5, 5.41) is 5.40. The van der Waals surface area contributed by atoms with E-state index < -0.39 is 0 Å². The van der Waals surface area contributed by atoms with Gasteiger partial charge >= 0.3 is 0 Å². The van der Waals surface area contributed by atoms with Crippen molar-refractivity contribution in [1.29, 1.82) is 0 Å². The molecule has 0 N–H and O–H groups in total. The third-order valence-corrected chi connectivity index (χ3v) is 2.34. The third kappa shape index (κ3) is 1.63. The van der Waals surface area contributed by atoms with Crippen LogP contribution < -0.4 is 4.90 Å². The highest BCUT2D eigenvalue weighted by Gasteiger charge is 2.12. The Bertz CT molecular complexity index is 490. The van der Waals surface area contributed by atoms with E-state index in [9.17, 15) is 0 Å². The predicted molar refractivity (Wildman–Crippen MR) is 60.3 cm³/mol. The zero-order chi connectivity index (χ0) is 11.0. The van der Waals surface area contributed by atoms with Gasteiger partial charge in [-0.25, -0.2) is 4.68 Å². The molecule has 0 saturated heterocycles. The highest BCUT2D eigenvalue weighted by molar-refractivity contribution is 6.28. The second kappa shape index (κ2) is 3.66. The van der Waals surface area contributed by atoms with Crippen LogP contribution in [-0.4, -0.2) is 33.8 Å². The highest BCUT2D eigenvalue weighted by atomic mass is 35.5. The van der Waals surface area contributed by atoms with Crippen LogP contribution in [0.1, 0.15) is 6.92 Å². The molecule has 0 aliphatic heterocycles. The molecule has 2 rings (SSSR count). The Balaban J connectivity index is 2.76. The van der Waals surface area contributed by atoms with E-state index in [4.69, 9.17) is 11.6 Å². The molecular weight excluding hydrogens is 214 g/mol. The maximum Gasteiger partial charge on any atom is 0.226 e. The lowest BCUT2D eigenvalue weighted by molar-refractivity contribution is 0.676. The number of fused-ring (bicyclic) bond motifs is 1. The number of hydrogen-bond acceptors (Lipinski definition) is 4. The standard InChI is InChI=1S/C9H12ClN5/c1-4-15-8-6(5-11-15)7(14(2)3)12-9(10)13-8/h5H,4H2,1-3H3. The normalized spacial score (nSPS) is 10.9. The predicted octanol–water partition coefficient (Wildman–Crippen LogP) is 1.57. The summed E-state index contributed by atoms with van der Waals surface area (Å²) in [6, 6.07) is 0. The van der Waals surface area contributed by atoms with Crippen molar-refractivity contribution < 1.29 is 0 Å². The molecule has 0 aliphatic carbocycles. The van der Waals surface area contributed by atoms with Gasteiger partial charge in [-0.05, 0) is 18.5 Å². The molecule has 2 aromatic rings. The van der Waals surface area contributed by atoms with Crippen molar-refractivity contribution in [2.45, 2.75) is 13.5 Å². The Kier molecular flexibility index (Phi) is 2.48. The number of anilines is 1. The molecule has 0 bridgehead atoms. The fourth-order valence-electron chi connectivity index (χ4n) is 1.49. The van der Waals surface area contributed by atoms with E-state index in [1.807, 2.05) is 25.9 Å². The van der Waals surface area contributed by atoms with E-state index in [-0.39, 0.29) is 5.28 Å². The lowest BCUT2D eigenvalue weighted by Gasteiger charge is -2.11. The van der Waals surface area contributed by atoms with Crippen LogP contribution in [0, 0.1) is 0 Å². The number of rotatable bonds is 2. The Labute approximate surface area is 92.7 Å². The van der Waals surface area contributed by atoms with Crippen molar-refractivity contribution in [2.75, 3.05) is 19.0 Å². The first-order chi connectivity index (χ1) is 7.13. The van der Waals surface area contributed by atoms with Crippen molar-refractivity contribution >= 4 is 28.5 Å². The van der Waals surface area contributed by atoms with Gasteiger partial charge in [-0.1, -0.05) is 0 Å². The van der Waals surface area contributed by atoms with Crippen molar-refractivity contribution in [3.05, 3.63) is 11.5 Å². The van der Waals surface area contributed by atoms with Gasteiger partial charge in [0.15, 0.2) is 5.65 Å². The van der Waals surface area contributed by atoms with E-state index in [1.54, 1.807) is 10.9 Å². The molecule has 0 radical (unpaired) electrons. The monoisotopic (exact) mass is 225 g/mol. The molecule has 0 aliphatic rings. The number of halogens is 1. The number of nitrogens with zero attached hydrogens (tertiary/aromatic N) is 5. The summed E-state index contributed by atoms with van der Waals surface area (Å²) >= 11 is 5.86. The van der Waals surface area contributed by atoms with E-state index in [2.05, 4.69) is 15.1 Å². The molecule has 0 aromatic carbocycles. The van der Waals surface area contributed by atoms with Crippen molar-refractivity contribution in [2.24, 2.45) is 0 Å². The topological polar surface area (TPSA) is 46.8 Å². The maximum absolute atomic E-state index is 5.86. The molecule has 0 spiro atoms. The van der Waals surface area contributed by atoms with E-state index in [1.165, 1.54) is 0 Å². The molecule has 5 nitrogen and oxygen atoms in total. The molecule has 0 unspecified atom stereocenters. The molecule has 80 valence electrons. The average molecular weight is 226 g/mol. The van der Waals surface area contributed by atoms with Crippen LogP contribution in [0.4, 0.5) is 5.82 Å². The number of hydrogen-bond donors (Lipinski definition) is 0. The smallest absolute Gasteiger partial charge is 0.226 e. The van der Waals surface area contributed by atoms with E-state index in [0.717, 1.165) is 23.4 Å². The molecule has 0 amide bonds. The maximum atomic E-state index is 5.86. The minimum absolute atomic E-state index is 0.251. The molecule has 2 aromatic heterocycles. The number of aryl methyl sites for hydroxylation is 1. The van der Waals surface area contributed by atoms with Crippen LogP contribution in [0.5, 0.6) is 0 Å². The Morgan fingerprint density at radius 2 is 2.13 bits per heavy atom. The first-order valence-electron chi connectivity index (χ1n) is 4.70. The third-order valence-electron chi connectivity index (χ3n) is 2.17. The van der Waals surface area contributed by atoms with Crippen molar-refractivity contribution in [1.82, 2.24) is 19.7 Å². The van der Waals surface area contributed by atoms with E-state index >= 15 is 0 Å². The Hall–Kier alpha value is -1.36. The summed E-state index contributed by atoms with van der Waals surface area (Å²) in [4.78, 5) is 10.3. The van der Waals surface area contributed by atoms with Gasteiger partial charge in [-0.2, -0.15) is 15.1 Å². The van der Waals surface area contributed by atoms with Crippen molar-refractivity contribution in [3.63, 3.8) is 0 Å². The van der Waals surface area contributed by atoms with Gasteiger partial charge < -0.3 is 4.90 Å². The van der Waals surface area contributed by atoms with Gasteiger partial charge in [0.2, 0.25) is 5.28 Å². The molecule has 6 heteroatoms. The highest BCUT2D eigenvalue weighted by Crippen LogP contribution is 2.23. The average Bonchev–Trinajstić information content (AvgIpc) is 2.58. The first-order valence-corrected chi connectivity index (χ1v) is 5.07. The Morgan fingerprint density at radius 3 is 2.73 bits per heavy atom. The largest absolute Gasteiger partial charge is 0.362 e. The van der Waals surface area contributed by atoms with Gasteiger partial charge in [-0.15, -0.1) is 0 Å². The fraction of sp³-hybridized carbons (Fsp3) is 0.444. The summed E-state index contributed by atoms with van der Waals surface area (Å²) in [6.07, 6.45) is 1.77. The SMILES string of the molecule is CCn1ncc2c(N(C)C)nc(Cl)nc21. The minimum Gasteiger partial charge on any atom is -0.362 e. The summed E-state index contributed by atoms with van der Waals surface area (Å²) in [6.45, 7) is 2.78. The minimum atomic E-state index is 0.251. The van der Waals surface area contributed by atoms with Gasteiger partial charge in [-0.3, -0.25) is 0 Å². The molecular formula is C9H12ClN5. The first kappa shape index (κ1) is 10.2. The molecule has 0 saturated carbocycles. The van der Waals surface area contributed by atoms with Crippen LogP contribution in [0.3, 0.4) is 0 Å². The second-order valence-corrected chi connectivity index (χ2v) is 3.75. The summed E-state index contributed by atoms with van der Waals surface area (Å²) < 4.78 is 1.80.